The molecule has 1 aromatic heterocycles. The maximum atomic E-state index is 13.5. The van der Waals surface area contributed by atoms with E-state index in [1.54, 1.807) is 18.5 Å². The molecule has 1 aromatic carbocycles. The van der Waals surface area contributed by atoms with E-state index < -0.39 is 15.8 Å². The maximum Gasteiger partial charge on any atom is 0.240 e. The van der Waals surface area contributed by atoms with E-state index in [2.05, 4.69) is 9.71 Å². The summed E-state index contributed by atoms with van der Waals surface area (Å²) < 4.78 is 44.8. The van der Waals surface area contributed by atoms with Gasteiger partial charge in [-0.15, -0.1) is 0 Å². The Balaban J connectivity index is 2.03. The van der Waals surface area contributed by atoms with Gasteiger partial charge in [0.25, 0.3) is 0 Å². The minimum Gasteiger partial charge on any atom is -0.494 e. The van der Waals surface area contributed by atoms with Gasteiger partial charge in [0.2, 0.25) is 10.0 Å². The van der Waals surface area contributed by atoms with E-state index in [0.717, 1.165) is 11.6 Å². The number of halogens is 1. The predicted octanol–water partition coefficient (Wildman–Crippen LogP) is 1.75. The smallest absolute Gasteiger partial charge is 0.240 e. The van der Waals surface area contributed by atoms with Crippen molar-refractivity contribution in [3.63, 3.8) is 0 Å². The molecule has 0 aliphatic heterocycles. The Labute approximate surface area is 122 Å². The Morgan fingerprint density at radius 1 is 1.33 bits per heavy atom. The van der Waals surface area contributed by atoms with Crippen LogP contribution in [0.2, 0.25) is 0 Å². The van der Waals surface area contributed by atoms with Gasteiger partial charge in [0.05, 0.1) is 12.0 Å². The number of rotatable bonds is 6. The van der Waals surface area contributed by atoms with E-state index in [1.807, 2.05) is 6.07 Å². The average molecular weight is 310 g/mol. The highest BCUT2D eigenvalue weighted by atomic mass is 32.2. The number of nitrogens with zero attached hydrogens (tertiary/aromatic N) is 1. The van der Waals surface area contributed by atoms with Gasteiger partial charge < -0.3 is 4.74 Å². The highest BCUT2D eigenvalue weighted by molar-refractivity contribution is 7.89. The first-order chi connectivity index (χ1) is 10.0. The fourth-order valence-corrected chi connectivity index (χ4v) is 2.82. The van der Waals surface area contributed by atoms with Crippen molar-refractivity contribution < 1.29 is 17.5 Å². The second-order valence-electron chi connectivity index (χ2n) is 4.31. The number of sulfonamides is 1. The number of aromatic nitrogens is 1. The Morgan fingerprint density at radius 3 is 2.76 bits per heavy atom. The van der Waals surface area contributed by atoms with E-state index in [4.69, 9.17) is 4.74 Å². The summed E-state index contributed by atoms with van der Waals surface area (Å²) in [6, 6.07) is 7.15. The Hall–Kier alpha value is -1.99. The molecule has 0 atom stereocenters. The van der Waals surface area contributed by atoms with E-state index >= 15 is 0 Å². The maximum absolute atomic E-state index is 13.5. The van der Waals surface area contributed by atoms with Gasteiger partial charge in [-0.1, -0.05) is 6.07 Å². The summed E-state index contributed by atoms with van der Waals surface area (Å²) in [5.74, 6) is -0.711. The van der Waals surface area contributed by atoms with Crippen LogP contribution >= 0.6 is 0 Å². The summed E-state index contributed by atoms with van der Waals surface area (Å²) in [6.45, 7) is 0.210. The molecular weight excluding hydrogens is 295 g/mol. The predicted molar refractivity (Wildman–Crippen MR) is 76.1 cm³/mol. The SMILES string of the molecule is COc1ccc(S(=O)(=O)NCCc2cccnc2)cc1F. The molecule has 0 saturated heterocycles. The minimum atomic E-state index is -3.74. The average Bonchev–Trinajstić information content (AvgIpc) is 2.48. The van der Waals surface area contributed by atoms with Crippen molar-refractivity contribution in [1.29, 1.82) is 0 Å². The van der Waals surface area contributed by atoms with Crippen LogP contribution in [0.3, 0.4) is 0 Å². The van der Waals surface area contributed by atoms with Gasteiger partial charge in [0, 0.05) is 18.9 Å². The highest BCUT2D eigenvalue weighted by Gasteiger charge is 2.16. The number of pyridine rings is 1. The van der Waals surface area contributed by atoms with Crippen LogP contribution in [0.5, 0.6) is 5.75 Å². The minimum absolute atomic E-state index is 0.00399. The molecule has 0 amide bonds. The Bertz CT molecular complexity index is 705. The van der Waals surface area contributed by atoms with Crippen molar-refractivity contribution >= 4 is 10.0 Å². The monoisotopic (exact) mass is 310 g/mol. The van der Waals surface area contributed by atoms with E-state index in [1.165, 1.54) is 19.2 Å². The molecule has 1 heterocycles. The lowest BCUT2D eigenvalue weighted by Crippen LogP contribution is -2.26. The molecule has 7 heteroatoms. The molecule has 2 rings (SSSR count). The standard InChI is InChI=1S/C14H15FN2O3S/c1-20-14-5-4-12(9-13(14)15)21(18,19)17-8-6-11-3-2-7-16-10-11/h2-5,7,9-10,17H,6,8H2,1H3. The summed E-state index contributed by atoms with van der Waals surface area (Å²) in [5, 5.41) is 0. The molecule has 5 nitrogen and oxygen atoms in total. The van der Waals surface area contributed by atoms with Crippen molar-refractivity contribution in [2.24, 2.45) is 0 Å². The van der Waals surface area contributed by atoms with Gasteiger partial charge in [-0.2, -0.15) is 0 Å². The van der Waals surface area contributed by atoms with Crippen molar-refractivity contribution in [3.05, 3.63) is 54.1 Å². The number of benzene rings is 1. The third-order valence-electron chi connectivity index (χ3n) is 2.86. The van der Waals surface area contributed by atoms with Gasteiger partial charge in [-0.3, -0.25) is 4.98 Å². The van der Waals surface area contributed by atoms with Gasteiger partial charge in [0.15, 0.2) is 11.6 Å². The zero-order chi connectivity index (χ0) is 15.3. The van der Waals surface area contributed by atoms with Gasteiger partial charge in [0.1, 0.15) is 0 Å². The molecule has 0 fully saturated rings. The zero-order valence-electron chi connectivity index (χ0n) is 11.4. The van der Waals surface area contributed by atoms with Crippen LogP contribution in [0.25, 0.3) is 0 Å². The normalized spacial score (nSPS) is 11.3. The third kappa shape index (κ3) is 3.99. The lowest BCUT2D eigenvalue weighted by Gasteiger charge is -2.08. The summed E-state index contributed by atoms with van der Waals surface area (Å²) in [5.41, 5.74) is 0.918. The third-order valence-corrected chi connectivity index (χ3v) is 4.32. The first kappa shape index (κ1) is 15.4. The molecule has 1 N–H and O–H groups in total. The number of nitrogens with one attached hydrogen (secondary N) is 1. The van der Waals surface area contributed by atoms with Crippen molar-refractivity contribution in [2.45, 2.75) is 11.3 Å². The lowest BCUT2D eigenvalue weighted by molar-refractivity contribution is 0.385. The van der Waals surface area contributed by atoms with E-state index in [9.17, 15) is 12.8 Å². The molecule has 0 aliphatic rings. The van der Waals surface area contributed by atoms with Gasteiger partial charge in [-0.25, -0.2) is 17.5 Å². The fourth-order valence-electron chi connectivity index (χ4n) is 1.77. The molecule has 0 saturated carbocycles. The van der Waals surface area contributed by atoms with Crippen LogP contribution < -0.4 is 9.46 Å². The molecular formula is C14H15FN2O3S. The highest BCUT2D eigenvalue weighted by Crippen LogP contribution is 2.20. The molecule has 0 aliphatic carbocycles. The summed E-state index contributed by atoms with van der Waals surface area (Å²) in [7, 11) is -2.43. The zero-order valence-corrected chi connectivity index (χ0v) is 12.2. The molecule has 2 aromatic rings. The topological polar surface area (TPSA) is 68.3 Å². The number of hydrogen-bond donors (Lipinski definition) is 1. The van der Waals surface area contributed by atoms with E-state index in [-0.39, 0.29) is 17.2 Å². The first-order valence-corrected chi connectivity index (χ1v) is 7.73. The fraction of sp³-hybridized carbons (Fsp3) is 0.214. The summed E-state index contributed by atoms with van der Waals surface area (Å²) in [4.78, 5) is 3.82. The summed E-state index contributed by atoms with van der Waals surface area (Å²) in [6.07, 6.45) is 3.82. The van der Waals surface area contributed by atoms with Crippen molar-refractivity contribution in [2.75, 3.05) is 13.7 Å². The molecule has 21 heavy (non-hydrogen) atoms. The van der Waals surface area contributed by atoms with Crippen LogP contribution in [-0.2, 0) is 16.4 Å². The molecule has 112 valence electrons. The van der Waals surface area contributed by atoms with Crippen LogP contribution in [0, 0.1) is 5.82 Å². The Kier molecular flexibility index (Phi) is 4.87. The number of methoxy groups -OCH3 is 1. The largest absolute Gasteiger partial charge is 0.494 e. The van der Waals surface area contributed by atoms with Crippen molar-refractivity contribution in [3.8, 4) is 5.75 Å². The summed E-state index contributed by atoms with van der Waals surface area (Å²) >= 11 is 0. The number of hydrogen-bond acceptors (Lipinski definition) is 4. The van der Waals surface area contributed by atoms with Crippen molar-refractivity contribution in [1.82, 2.24) is 9.71 Å². The molecule has 0 unspecified atom stereocenters. The number of ether oxygens (including phenoxy) is 1. The van der Waals surface area contributed by atoms with Gasteiger partial charge in [-0.05, 0) is 36.2 Å². The first-order valence-electron chi connectivity index (χ1n) is 6.25. The quantitative estimate of drug-likeness (QED) is 0.882. The molecule has 0 spiro atoms. The van der Waals surface area contributed by atoms with Crippen LogP contribution in [0.15, 0.2) is 47.6 Å². The van der Waals surface area contributed by atoms with Gasteiger partial charge >= 0.3 is 0 Å². The lowest BCUT2D eigenvalue weighted by atomic mass is 10.2. The van der Waals surface area contributed by atoms with Crippen LogP contribution in [0.1, 0.15) is 5.56 Å². The van der Waals surface area contributed by atoms with Crippen LogP contribution in [0.4, 0.5) is 4.39 Å². The second-order valence-corrected chi connectivity index (χ2v) is 6.07. The second kappa shape index (κ2) is 6.64. The Morgan fingerprint density at radius 2 is 2.14 bits per heavy atom. The van der Waals surface area contributed by atoms with Crippen LogP contribution in [-0.4, -0.2) is 27.1 Å². The molecule has 0 radical (unpaired) electrons. The molecule has 0 bridgehead atoms. The van der Waals surface area contributed by atoms with E-state index in [0.29, 0.717) is 6.42 Å².